The summed E-state index contributed by atoms with van der Waals surface area (Å²) >= 11 is 0. The van der Waals surface area contributed by atoms with E-state index in [2.05, 4.69) is 17.1 Å². The standard InChI is InChI=1S/C8H16N2O/c1-6-4-7(8(11)9-2)10(3)5-6/h6-7H,4-5H2,1-3H3,(H,9,11)/t6?,7-/m0/s1. The van der Waals surface area contributed by atoms with E-state index in [0.29, 0.717) is 5.92 Å². The molecule has 0 saturated carbocycles. The number of likely N-dealkylation sites (N-methyl/N-ethyl adjacent to an activating group) is 2. The first-order valence-electron chi connectivity index (χ1n) is 4.07. The highest BCUT2D eigenvalue weighted by atomic mass is 16.2. The van der Waals surface area contributed by atoms with Gasteiger partial charge in [-0.25, -0.2) is 0 Å². The molecule has 3 nitrogen and oxygen atoms in total. The van der Waals surface area contributed by atoms with Crippen LogP contribution in [-0.4, -0.2) is 37.5 Å². The van der Waals surface area contributed by atoms with Gasteiger partial charge in [0.25, 0.3) is 0 Å². The van der Waals surface area contributed by atoms with E-state index in [9.17, 15) is 4.79 Å². The third-order valence-electron chi connectivity index (χ3n) is 2.31. The quantitative estimate of drug-likeness (QED) is 0.583. The van der Waals surface area contributed by atoms with Gasteiger partial charge in [-0.2, -0.15) is 0 Å². The molecule has 0 aliphatic carbocycles. The normalized spacial score (nSPS) is 32.3. The molecule has 1 fully saturated rings. The van der Waals surface area contributed by atoms with Crippen molar-refractivity contribution in [2.75, 3.05) is 20.6 Å². The Kier molecular flexibility index (Phi) is 2.49. The highest BCUT2D eigenvalue weighted by Gasteiger charge is 2.31. The van der Waals surface area contributed by atoms with E-state index in [1.54, 1.807) is 7.05 Å². The molecule has 0 aromatic carbocycles. The molecule has 0 bridgehead atoms. The first-order valence-corrected chi connectivity index (χ1v) is 4.07. The smallest absolute Gasteiger partial charge is 0.237 e. The number of likely N-dealkylation sites (tertiary alicyclic amines) is 1. The fourth-order valence-corrected chi connectivity index (χ4v) is 1.73. The summed E-state index contributed by atoms with van der Waals surface area (Å²) in [5.74, 6) is 0.805. The van der Waals surface area contributed by atoms with Gasteiger partial charge in [0.15, 0.2) is 0 Å². The summed E-state index contributed by atoms with van der Waals surface area (Å²) in [6.45, 7) is 3.22. The number of nitrogens with zero attached hydrogens (tertiary/aromatic N) is 1. The summed E-state index contributed by atoms with van der Waals surface area (Å²) in [5.41, 5.74) is 0. The molecule has 0 spiro atoms. The number of nitrogens with one attached hydrogen (secondary N) is 1. The maximum absolute atomic E-state index is 11.2. The number of carbonyl (C=O) groups excluding carboxylic acids is 1. The maximum Gasteiger partial charge on any atom is 0.237 e. The van der Waals surface area contributed by atoms with Crippen LogP contribution >= 0.6 is 0 Å². The van der Waals surface area contributed by atoms with Gasteiger partial charge in [-0.05, 0) is 19.4 Å². The molecule has 1 rings (SSSR count). The Bertz CT molecular complexity index is 158. The molecule has 1 amide bonds. The number of hydrogen-bond acceptors (Lipinski definition) is 2. The van der Waals surface area contributed by atoms with Crippen molar-refractivity contribution in [2.24, 2.45) is 5.92 Å². The van der Waals surface area contributed by atoms with E-state index in [0.717, 1.165) is 13.0 Å². The van der Waals surface area contributed by atoms with Gasteiger partial charge in [0.1, 0.15) is 0 Å². The molecule has 1 aliphatic rings. The molecule has 1 saturated heterocycles. The third-order valence-corrected chi connectivity index (χ3v) is 2.31. The van der Waals surface area contributed by atoms with Crippen LogP contribution in [0.3, 0.4) is 0 Å². The molecular formula is C8H16N2O. The van der Waals surface area contributed by atoms with Crippen LogP contribution in [0.4, 0.5) is 0 Å². The van der Waals surface area contributed by atoms with E-state index in [1.807, 2.05) is 7.05 Å². The van der Waals surface area contributed by atoms with Crippen molar-refractivity contribution < 1.29 is 4.79 Å². The summed E-state index contributed by atoms with van der Waals surface area (Å²) in [4.78, 5) is 13.3. The maximum atomic E-state index is 11.2. The molecule has 0 aromatic rings. The summed E-state index contributed by atoms with van der Waals surface area (Å²) in [6, 6.07) is 0.106. The van der Waals surface area contributed by atoms with E-state index < -0.39 is 0 Å². The zero-order valence-electron chi connectivity index (χ0n) is 7.42. The molecule has 2 atom stereocenters. The number of hydrogen-bond donors (Lipinski definition) is 1. The monoisotopic (exact) mass is 156 g/mol. The van der Waals surface area contributed by atoms with Crippen LogP contribution in [0, 0.1) is 5.92 Å². The zero-order valence-corrected chi connectivity index (χ0v) is 7.42. The molecule has 0 aromatic heterocycles. The highest BCUT2D eigenvalue weighted by Crippen LogP contribution is 2.20. The minimum Gasteiger partial charge on any atom is -0.358 e. The lowest BCUT2D eigenvalue weighted by Gasteiger charge is -2.16. The Morgan fingerprint density at radius 1 is 1.64 bits per heavy atom. The molecule has 1 aliphatic heterocycles. The van der Waals surface area contributed by atoms with Gasteiger partial charge >= 0.3 is 0 Å². The topological polar surface area (TPSA) is 32.3 Å². The van der Waals surface area contributed by atoms with Crippen molar-refractivity contribution >= 4 is 5.91 Å². The largest absolute Gasteiger partial charge is 0.358 e. The Balaban J connectivity index is 2.52. The second kappa shape index (κ2) is 3.22. The van der Waals surface area contributed by atoms with Crippen LogP contribution in [0.15, 0.2) is 0 Å². The summed E-state index contributed by atoms with van der Waals surface area (Å²) in [6.07, 6.45) is 0.996. The Hall–Kier alpha value is -0.570. The predicted octanol–water partition coefficient (Wildman–Crippen LogP) is 0.0726. The average molecular weight is 156 g/mol. The van der Waals surface area contributed by atoms with Gasteiger partial charge in [-0.1, -0.05) is 6.92 Å². The van der Waals surface area contributed by atoms with Crippen LogP contribution in [0.1, 0.15) is 13.3 Å². The van der Waals surface area contributed by atoms with Crippen LogP contribution in [0.2, 0.25) is 0 Å². The Morgan fingerprint density at radius 2 is 2.27 bits per heavy atom. The van der Waals surface area contributed by atoms with Gasteiger partial charge in [-0.15, -0.1) is 0 Å². The Labute approximate surface area is 67.8 Å². The molecule has 11 heavy (non-hydrogen) atoms. The molecule has 3 heteroatoms. The predicted molar refractivity (Wildman–Crippen MR) is 44.3 cm³/mol. The molecular weight excluding hydrogens is 140 g/mol. The van der Waals surface area contributed by atoms with Crippen molar-refractivity contribution in [2.45, 2.75) is 19.4 Å². The fraction of sp³-hybridized carbons (Fsp3) is 0.875. The molecule has 1 N–H and O–H groups in total. The van der Waals surface area contributed by atoms with Crippen molar-refractivity contribution in [1.29, 1.82) is 0 Å². The van der Waals surface area contributed by atoms with Gasteiger partial charge in [-0.3, -0.25) is 9.69 Å². The Morgan fingerprint density at radius 3 is 2.64 bits per heavy atom. The first kappa shape index (κ1) is 8.53. The van der Waals surface area contributed by atoms with E-state index in [1.165, 1.54) is 0 Å². The van der Waals surface area contributed by atoms with Crippen molar-refractivity contribution in [3.63, 3.8) is 0 Å². The highest BCUT2D eigenvalue weighted by molar-refractivity contribution is 5.81. The number of rotatable bonds is 1. The number of amides is 1. The van der Waals surface area contributed by atoms with Gasteiger partial charge < -0.3 is 5.32 Å². The second-order valence-electron chi connectivity index (χ2n) is 3.41. The first-order chi connectivity index (χ1) is 5.15. The molecule has 1 heterocycles. The summed E-state index contributed by atoms with van der Waals surface area (Å²) in [7, 11) is 3.70. The van der Waals surface area contributed by atoms with Crippen molar-refractivity contribution in [3.8, 4) is 0 Å². The minimum absolute atomic E-state index is 0.106. The third kappa shape index (κ3) is 1.71. The lowest BCUT2D eigenvalue weighted by molar-refractivity contribution is -0.124. The van der Waals surface area contributed by atoms with Crippen LogP contribution in [0.25, 0.3) is 0 Å². The molecule has 1 unspecified atom stereocenters. The van der Waals surface area contributed by atoms with Gasteiger partial charge in [0.2, 0.25) is 5.91 Å². The van der Waals surface area contributed by atoms with Gasteiger partial charge in [0.05, 0.1) is 6.04 Å². The molecule has 0 radical (unpaired) electrons. The van der Waals surface area contributed by atoms with Crippen molar-refractivity contribution in [3.05, 3.63) is 0 Å². The summed E-state index contributed by atoms with van der Waals surface area (Å²) in [5, 5.41) is 2.68. The summed E-state index contributed by atoms with van der Waals surface area (Å²) < 4.78 is 0. The lowest BCUT2D eigenvalue weighted by Crippen LogP contribution is -2.39. The van der Waals surface area contributed by atoms with E-state index >= 15 is 0 Å². The van der Waals surface area contributed by atoms with E-state index in [4.69, 9.17) is 0 Å². The van der Waals surface area contributed by atoms with Gasteiger partial charge in [0, 0.05) is 13.6 Å². The second-order valence-corrected chi connectivity index (χ2v) is 3.41. The lowest BCUT2D eigenvalue weighted by atomic mass is 10.1. The van der Waals surface area contributed by atoms with Crippen molar-refractivity contribution in [1.82, 2.24) is 10.2 Å². The minimum atomic E-state index is 0.106. The van der Waals surface area contributed by atoms with Crippen LogP contribution in [0.5, 0.6) is 0 Å². The number of carbonyl (C=O) groups is 1. The fourth-order valence-electron chi connectivity index (χ4n) is 1.73. The van der Waals surface area contributed by atoms with Crippen LogP contribution in [-0.2, 0) is 4.79 Å². The zero-order chi connectivity index (χ0) is 8.43. The average Bonchev–Trinajstić information content (AvgIpc) is 2.28. The SMILES string of the molecule is CNC(=O)[C@@H]1CC(C)CN1C. The van der Waals surface area contributed by atoms with Crippen LogP contribution < -0.4 is 5.32 Å². The van der Waals surface area contributed by atoms with E-state index in [-0.39, 0.29) is 11.9 Å². The molecule has 64 valence electrons.